The number of nitrogens with one attached hydrogen (secondary N) is 1. The molecule has 1 unspecified atom stereocenters. The van der Waals surface area contributed by atoms with Gasteiger partial charge in [-0.3, -0.25) is 14.3 Å². The van der Waals surface area contributed by atoms with E-state index in [0.29, 0.717) is 6.54 Å². The first-order valence-electron chi connectivity index (χ1n) is 7.91. The average Bonchev–Trinajstić information content (AvgIpc) is 3.06. The first kappa shape index (κ1) is 17.7. The van der Waals surface area contributed by atoms with Gasteiger partial charge in [0.2, 0.25) is 5.91 Å². The van der Waals surface area contributed by atoms with E-state index in [0.717, 1.165) is 5.56 Å². The predicted octanol–water partition coefficient (Wildman–Crippen LogP) is 1.87. The number of nitrogens with zero attached hydrogens (tertiary/aromatic N) is 3. The Morgan fingerprint density at radius 3 is 2.62 bits per heavy atom. The summed E-state index contributed by atoms with van der Waals surface area (Å²) >= 11 is 0. The van der Waals surface area contributed by atoms with Crippen LogP contribution < -0.4 is 5.32 Å². The summed E-state index contributed by atoms with van der Waals surface area (Å²) in [6.45, 7) is 4.03. The van der Waals surface area contributed by atoms with Gasteiger partial charge in [0.15, 0.2) is 0 Å². The fraction of sp³-hybridized carbons (Fsp3) is 0.412. The molecule has 0 bridgehead atoms. The van der Waals surface area contributed by atoms with E-state index < -0.39 is 6.04 Å². The van der Waals surface area contributed by atoms with Crippen molar-refractivity contribution in [1.82, 2.24) is 20.1 Å². The Bertz CT molecular complexity index is 641. The smallest absolute Gasteiger partial charge is 0.308 e. The highest BCUT2D eigenvalue weighted by molar-refractivity contribution is 5.78. The van der Waals surface area contributed by atoms with Crippen molar-refractivity contribution in [3.8, 4) is 0 Å². The van der Waals surface area contributed by atoms with Crippen LogP contribution in [-0.2, 0) is 20.9 Å². The lowest BCUT2D eigenvalue weighted by Gasteiger charge is -2.19. The van der Waals surface area contributed by atoms with Gasteiger partial charge in [0.05, 0.1) is 25.1 Å². The first-order valence-corrected chi connectivity index (χ1v) is 7.91. The van der Waals surface area contributed by atoms with Gasteiger partial charge in [-0.1, -0.05) is 30.3 Å². The first-order chi connectivity index (χ1) is 11.5. The highest BCUT2D eigenvalue weighted by Crippen LogP contribution is 2.18. The van der Waals surface area contributed by atoms with Crippen molar-refractivity contribution >= 4 is 11.9 Å². The number of aromatic nitrogens is 3. The Morgan fingerprint density at radius 2 is 2.00 bits per heavy atom. The van der Waals surface area contributed by atoms with Crippen molar-refractivity contribution in [2.75, 3.05) is 0 Å². The summed E-state index contributed by atoms with van der Waals surface area (Å²) in [6, 6.07) is 8.98. The fourth-order valence-electron chi connectivity index (χ4n) is 2.25. The van der Waals surface area contributed by atoms with Crippen molar-refractivity contribution in [2.45, 2.75) is 45.4 Å². The number of hydrogen-bond acceptors (Lipinski definition) is 5. The zero-order valence-corrected chi connectivity index (χ0v) is 13.9. The second kappa shape index (κ2) is 8.81. The van der Waals surface area contributed by atoms with Gasteiger partial charge in [0.1, 0.15) is 12.7 Å². The van der Waals surface area contributed by atoms with Crippen LogP contribution >= 0.6 is 0 Å². The lowest BCUT2D eigenvalue weighted by Crippen LogP contribution is -2.31. The van der Waals surface area contributed by atoms with Crippen molar-refractivity contribution in [3.63, 3.8) is 0 Å². The molecule has 1 atom stereocenters. The summed E-state index contributed by atoms with van der Waals surface area (Å²) in [7, 11) is 0. The van der Waals surface area contributed by atoms with Gasteiger partial charge in [-0.15, -0.1) is 0 Å². The zero-order chi connectivity index (χ0) is 17.4. The van der Waals surface area contributed by atoms with Crippen LogP contribution in [0, 0.1) is 0 Å². The molecule has 0 aliphatic heterocycles. The van der Waals surface area contributed by atoms with E-state index >= 15 is 0 Å². The minimum Gasteiger partial charge on any atom is -0.463 e. The van der Waals surface area contributed by atoms with E-state index in [4.69, 9.17) is 4.74 Å². The topological polar surface area (TPSA) is 86.1 Å². The van der Waals surface area contributed by atoms with Gasteiger partial charge in [-0.2, -0.15) is 5.10 Å². The minimum atomic E-state index is -0.416. The van der Waals surface area contributed by atoms with Crippen molar-refractivity contribution in [3.05, 3.63) is 48.5 Å². The molecule has 0 fully saturated rings. The number of esters is 1. The number of aryl methyl sites for hydroxylation is 1. The number of hydrogen-bond donors (Lipinski definition) is 1. The number of ether oxygens (including phenoxy) is 1. The maximum atomic E-state index is 12.2. The number of carbonyl (C=O) groups is 2. The predicted molar refractivity (Wildman–Crippen MR) is 87.8 cm³/mol. The highest BCUT2D eigenvalue weighted by Gasteiger charge is 2.19. The molecule has 2 rings (SSSR count). The molecule has 0 radical (unpaired) electrons. The van der Waals surface area contributed by atoms with E-state index in [-0.39, 0.29) is 30.8 Å². The molecular formula is C17H22N4O3. The van der Waals surface area contributed by atoms with Gasteiger partial charge < -0.3 is 10.1 Å². The molecule has 1 aromatic carbocycles. The Morgan fingerprint density at radius 1 is 1.25 bits per heavy atom. The number of carbonyl (C=O) groups excluding carboxylic acids is 2. The summed E-state index contributed by atoms with van der Waals surface area (Å²) < 4.78 is 6.78. The molecule has 128 valence electrons. The summed E-state index contributed by atoms with van der Waals surface area (Å²) in [5.74, 6) is -0.493. The summed E-state index contributed by atoms with van der Waals surface area (Å²) in [5.41, 5.74) is 0.868. The maximum absolute atomic E-state index is 12.2. The molecule has 0 saturated heterocycles. The molecule has 0 aliphatic carbocycles. The molecule has 2 aromatic rings. The van der Waals surface area contributed by atoms with Crippen molar-refractivity contribution in [2.24, 2.45) is 0 Å². The zero-order valence-electron chi connectivity index (χ0n) is 13.9. The van der Waals surface area contributed by atoms with E-state index in [9.17, 15) is 9.59 Å². The molecule has 0 spiro atoms. The SMILES string of the molecule is CC(C)OC(=O)CC(NC(=O)CCn1cncn1)c1ccccc1. The van der Waals surface area contributed by atoms with Gasteiger partial charge in [0, 0.05) is 6.42 Å². The Kier molecular flexibility index (Phi) is 6.48. The Labute approximate surface area is 141 Å². The van der Waals surface area contributed by atoms with Gasteiger partial charge in [-0.25, -0.2) is 4.98 Å². The summed E-state index contributed by atoms with van der Waals surface area (Å²) in [4.78, 5) is 28.0. The third-order valence-corrected chi connectivity index (χ3v) is 3.31. The lowest BCUT2D eigenvalue weighted by atomic mass is 10.0. The van der Waals surface area contributed by atoms with Crippen LogP contribution in [0.4, 0.5) is 0 Å². The number of rotatable bonds is 8. The van der Waals surface area contributed by atoms with Crippen LogP contribution in [-0.4, -0.2) is 32.7 Å². The molecular weight excluding hydrogens is 308 g/mol. The molecule has 24 heavy (non-hydrogen) atoms. The normalized spacial score (nSPS) is 12.0. The second-order valence-electron chi connectivity index (χ2n) is 5.68. The molecule has 7 nitrogen and oxygen atoms in total. The summed E-state index contributed by atoms with van der Waals surface area (Å²) in [5, 5.41) is 6.86. The number of amides is 1. The molecule has 1 heterocycles. The Hall–Kier alpha value is -2.70. The molecule has 1 aromatic heterocycles. The quantitative estimate of drug-likeness (QED) is 0.747. The van der Waals surface area contributed by atoms with Crippen molar-refractivity contribution < 1.29 is 14.3 Å². The van der Waals surface area contributed by atoms with E-state index in [1.165, 1.54) is 6.33 Å². The fourth-order valence-corrected chi connectivity index (χ4v) is 2.25. The number of benzene rings is 1. The van der Waals surface area contributed by atoms with Crippen LogP contribution in [0.15, 0.2) is 43.0 Å². The largest absolute Gasteiger partial charge is 0.463 e. The van der Waals surface area contributed by atoms with Crippen molar-refractivity contribution in [1.29, 1.82) is 0 Å². The van der Waals surface area contributed by atoms with Crippen LogP contribution in [0.25, 0.3) is 0 Å². The lowest BCUT2D eigenvalue weighted by molar-refractivity contribution is -0.148. The average molecular weight is 330 g/mol. The van der Waals surface area contributed by atoms with Gasteiger partial charge >= 0.3 is 5.97 Å². The van der Waals surface area contributed by atoms with Gasteiger partial charge in [0.25, 0.3) is 0 Å². The summed E-state index contributed by atoms with van der Waals surface area (Å²) in [6.07, 6.45) is 3.15. The van der Waals surface area contributed by atoms with Crippen LogP contribution in [0.2, 0.25) is 0 Å². The standard InChI is InChI=1S/C17H22N4O3/c1-13(2)24-17(23)10-15(14-6-4-3-5-7-14)20-16(22)8-9-21-12-18-11-19-21/h3-7,11-13,15H,8-10H2,1-2H3,(H,20,22). The van der Waals surface area contributed by atoms with Crippen LogP contribution in [0.3, 0.4) is 0 Å². The molecule has 1 amide bonds. The van der Waals surface area contributed by atoms with Crippen LogP contribution in [0.5, 0.6) is 0 Å². The second-order valence-corrected chi connectivity index (χ2v) is 5.68. The third kappa shape index (κ3) is 5.83. The third-order valence-electron chi connectivity index (χ3n) is 3.31. The molecule has 0 aliphatic rings. The molecule has 7 heteroatoms. The van der Waals surface area contributed by atoms with E-state index in [1.807, 2.05) is 30.3 Å². The Balaban J connectivity index is 1.97. The van der Waals surface area contributed by atoms with E-state index in [1.54, 1.807) is 24.9 Å². The highest BCUT2D eigenvalue weighted by atomic mass is 16.5. The molecule has 1 N–H and O–H groups in total. The maximum Gasteiger partial charge on any atom is 0.308 e. The monoisotopic (exact) mass is 330 g/mol. The van der Waals surface area contributed by atoms with Gasteiger partial charge in [-0.05, 0) is 19.4 Å². The van der Waals surface area contributed by atoms with E-state index in [2.05, 4.69) is 15.4 Å². The molecule has 0 saturated carbocycles. The van der Waals surface area contributed by atoms with Crippen LogP contribution in [0.1, 0.15) is 38.3 Å². The minimum absolute atomic E-state index is 0.0945.